The highest BCUT2D eigenvalue weighted by Crippen LogP contribution is 2.26. The van der Waals surface area contributed by atoms with Gasteiger partial charge >= 0.3 is 0 Å². The first-order chi connectivity index (χ1) is 19.1. The molecule has 1 saturated carbocycles. The van der Waals surface area contributed by atoms with Crippen LogP contribution in [0.25, 0.3) is 0 Å². The topological polar surface area (TPSA) is 86.8 Å². The van der Waals surface area contributed by atoms with E-state index in [-0.39, 0.29) is 23.4 Å². The van der Waals surface area contributed by atoms with Crippen molar-refractivity contribution in [3.63, 3.8) is 0 Å². The molecule has 0 unspecified atom stereocenters. The van der Waals surface area contributed by atoms with Crippen LogP contribution in [0.4, 0.5) is 5.69 Å². The van der Waals surface area contributed by atoms with Gasteiger partial charge in [-0.1, -0.05) is 65.5 Å². The van der Waals surface area contributed by atoms with Gasteiger partial charge in [-0.25, -0.2) is 8.42 Å². The van der Waals surface area contributed by atoms with Crippen LogP contribution in [0.2, 0.25) is 0 Å². The molecule has 212 valence electrons. The number of rotatable bonds is 10. The molecule has 1 aliphatic rings. The summed E-state index contributed by atoms with van der Waals surface area (Å²) in [4.78, 5) is 29.0. The number of anilines is 1. The molecule has 0 heterocycles. The van der Waals surface area contributed by atoms with Gasteiger partial charge in [0.15, 0.2) is 0 Å². The van der Waals surface area contributed by atoms with Gasteiger partial charge < -0.3 is 10.2 Å². The van der Waals surface area contributed by atoms with Gasteiger partial charge in [0, 0.05) is 20.6 Å². The maximum absolute atomic E-state index is 14.0. The van der Waals surface area contributed by atoms with Crippen molar-refractivity contribution in [2.24, 2.45) is 0 Å². The Kier molecular flexibility index (Phi) is 10.6. The number of benzene rings is 3. The van der Waals surface area contributed by atoms with E-state index in [0.29, 0.717) is 5.69 Å². The third-order valence-corrected chi connectivity index (χ3v) is 10.1. The van der Waals surface area contributed by atoms with Crippen LogP contribution in [0, 0.1) is 3.57 Å². The van der Waals surface area contributed by atoms with Crippen LogP contribution in [-0.2, 0) is 26.2 Å². The molecule has 0 saturated heterocycles. The monoisotopic (exact) mass is 737 g/mol. The van der Waals surface area contributed by atoms with Crippen molar-refractivity contribution in [1.82, 2.24) is 10.2 Å². The van der Waals surface area contributed by atoms with E-state index >= 15 is 0 Å². The second-order valence-electron chi connectivity index (χ2n) is 9.97. The molecule has 0 aromatic heterocycles. The van der Waals surface area contributed by atoms with Crippen molar-refractivity contribution in [2.75, 3.05) is 10.8 Å². The van der Waals surface area contributed by atoms with Crippen LogP contribution in [0.5, 0.6) is 0 Å². The molecule has 0 spiro atoms. The molecule has 7 nitrogen and oxygen atoms in total. The first-order valence-corrected chi connectivity index (χ1v) is 16.6. The molecule has 0 radical (unpaired) electrons. The van der Waals surface area contributed by atoms with Gasteiger partial charge in [-0.3, -0.25) is 13.9 Å². The summed E-state index contributed by atoms with van der Waals surface area (Å²) in [5, 5.41) is 3.12. The van der Waals surface area contributed by atoms with Crippen LogP contribution >= 0.6 is 38.5 Å². The number of sulfonamides is 1. The average molecular weight is 738 g/mol. The summed E-state index contributed by atoms with van der Waals surface area (Å²) < 4.78 is 30.5. The van der Waals surface area contributed by atoms with E-state index in [9.17, 15) is 18.0 Å². The molecule has 4 rings (SSSR count). The molecule has 0 bridgehead atoms. The number of carbonyl (C=O) groups excluding carboxylic acids is 2. The molecular weight excluding hydrogens is 705 g/mol. The Morgan fingerprint density at radius 1 is 0.975 bits per heavy atom. The lowest BCUT2D eigenvalue weighted by Gasteiger charge is -2.33. The van der Waals surface area contributed by atoms with Crippen molar-refractivity contribution in [2.45, 2.75) is 62.6 Å². The number of hydrogen-bond donors (Lipinski definition) is 1. The number of hydrogen-bond acceptors (Lipinski definition) is 4. The average Bonchev–Trinajstić information content (AvgIpc) is 2.95. The molecule has 1 N–H and O–H groups in total. The zero-order valence-corrected chi connectivity index (χ0v) is 26.9. The van der Waals surface area contributed by atoms with Crippen molar-refractivity contribution < 1.29 is 18.0 Å². The highest BCUT2D eigenvalue weighted by Gasteiger charge is 2.33. The molecule has 10 heteroatoms. The zero-order chi connectivity index (χ0) is 28.7. The highest BCUT2D eigenvalue weighted by atomic mass is 127. The van der Waals surface area contributed by atoms with Crippen LogP contribution < -0.4 is 9.62 Å². The van der Waals surface area contributed by atoms with Gasteiger partial charge in [-0.15, -0.1) is 0 Å². The van der Waals surface area contributed by atoms with Gasteiger partial charge in [0.05, 0.1) is 10.6 Å². The molecule has 1 aliphatic carbocycles. The lowest BCUT2D eigenvalue weighted by Crippen LogP contribution is -2.53. The van der Waals surface area contributed by atoms with Crippen LogP contribution in [-0.4, -0.2) is 43.8 Å². The summed E-state index contributed by atoms with van der Waals surface area (Å²) in [5.74, 6) is -0.702. The third-order valence-electron chi connectivity index (χ3n) is 7.09. The van der Waals surface area contributed by atoms with Crippen molar-refractivity contribution in [1.29, 1.82) is 0 Å². The smallest absolute Gasteiger partial charge is 0.264 e. The molecule has 2 amide bonds. The quantitative estimate of drug-likeness (QED) is 0.255. The van der Waals surface area contributed by atoms with E-state index < -0.39 is 28.5 Å². The molecule has 0 aliphatic heterocycles. The fourth-order valence-electron chi connectivity index (χ4n) is 4.84. The number of halogens is 2. The van der Waals surface area contributed by atoms with Crippen molar-refractivity contribution in [3.05, 3.63) is 92.5 Å². The summed E-state index contributed by atoms with van der Waals surface area (Å²) in [6.07, 6.45) is 5.16. The summed E-state index contributed by atoms with van der Waals surface area (Å²) in [6.45, 7) is 1.41. The second kappa shape index (κ2) is 14.0. The Balaban J connectivity index is 1.66. The van der Waals surface area contributed by atoms with Gasteiger partial charge in [0.25, 0.3) is 10.0 Å². The van der Waals surface area contributed by atoms with Crippen molar-refractivity contribution >= 4 is 66.0 Å². The Bertz CT molecular complexity index is 1410. The van der Waals surface area contributed by atoms with Crippen LogP contribution in [0.1, 0.15) is 44.6 Å². The molecular formula is C30H33BrIN3O4S. The van der Waals surface area contributed by atoms with E-state index in [1.807, 2.05) is 24.3 Å². The first-order valence-electron chi connectivity index (χ1n) is 13.3. The predicted molar refractivity (Wildman–Crippen MR) is 169 cm³/mol. The molecule has 1 atom stereocenters. The number of carbonyl (C=O) groups is 2. The number of nitrogens with zero attached hydrogens (tertiary/aromatic N) is 2. The maximum atomic E-state index is 14.0. The summed E-state index contributed by atoms with van der Waals surface area (Å²) >= 11 is 5.63. The standard InChI is InChI=1S/C30H33BrIN3O4S/c1-22(30(37)33-26-11-4-2-5-12-26)34(20-23-9-8-10-24(31)19-23)29(36)21-35(27-17-15-25(32)16-18-27)40(38,39)28-13-6-3-7-14-28/h3,6-10,13-19,22,26H,2,4-5,11-12,20-21H2,1H3,(H,33,37)/t22-/m0/s1. The minimum atomic E-state index is -4.07. The minimum absolute atomic E-state index is 0.0861. The lowest BCUT2D eigenvalue weighted by atomic mass is 9.95. The summed E-state index contributed by atoms with van der Waals surface area (Å²) in [5.41, 5.74) is 1.20. The highest BCUT2D eigenvalue weighted by molar-refractivity contribution is 14.1. The van der Waals surface area contributed by atoms with Crippen LogP contribution in [0.15, 0.2) is 88.2 Å². The van der Waals surface area contributed by atoms with Gasteiger partial charge in [0.1, 0.15) is 12.6 Å². The summed E-state index contributed by atoms with van der Waals surface area (Å²) in [7, 11) is -4.07. The Morgan fingerprint density at radius 3 is 2.30 bits per heavy atom. The maximum Gasteiger partial charge on any atom is 0.264 e. The Morgan fingerprint density at radius 2 is 1.65 bits per heavy atom. The normalized spacial score (nSPS) is 14.8. The van der Waals surface area contributed by atoms with E-state index in [0.717, 1.165) is 43.6 Å². The fraction of sp³-hybridized carbons (Fsp3) is 0.333. The van der Waals surface area contributed by atoms with Crippen molar-refractivity contribution in [3.8, 4) is 0 Å². The minimum Gasteiger partial charge on any atom is -0.352 e. The Hall–Kier alpha value is -2.44. The fourth-order valence-corrected chi connectivity index (χ4v) is 7.08. The van der Waals surface area contributed by atoms with E-state index in [1.165, 1.54) is 23.5 Å². The van der Waals surface area contributed by atoms with Crippen LogP contribution in [0.3, 0.4) is 0 Å². The zero-order valence-electron chi connectivity index (χ0n) is 22.3. The van der Waals surface area contributed by atoms with Gasteiger partial charge in [0.2, 0.25) is 11.8 Å². The second-order valence-corrected chi connectivity index (χ2v) is 14.0. The molecule has 1 fully saturated rings. The lowest BCUT2D eigenvalue weighted by molar-refractivity contribution is -0.139. The first kappa shape index (κ1) is 30.5. The van der Waals surface area contributed by atoms with E-state index in [2.05, 4.69) is 43.8 Å². The summed E-state index contributed by atoms with van der Waals surface area (Å²) in [6, 6.07) is 21.9. The van der Waals surface area contributed by atoms with Gasteiger partial charge in [-0.05, 0) is 96.5 Å². The van der Waals surface area contributed by atoms with E-state index in [1.54, 1.807) is 49.4 Å². The largest absolute Gasteiger partial charge is 0.352 e. The SMILES string of the molecule is C[C@@H](C(=O)NC1CCCCC1)N(Cc1cccc(Br)c1)C(=O)CN(c1ccc(I)cc1)S(=O)(=O)c1ccccc1. The molecule has 40 heavy (non-hydrogen) atoms. The van der Waals surface area contributed by atoms with E-state index in [4.69, 9.17) is 0 Å². The molecule has 3 aromatic carbocycles. The number of amides is 2. The Labute approximate surface area is 258 Å². The predicted octanol–water partition coefficient (Wildman–Crippen LogP) is 6.12. The third kappa shape index (κ3) is 7.85. The molecule has 3 aromatic rings. The number of nitrogens with one attached hydrogen (secondary N) is 1. The van der Waals surface area contributed by atoms with Gasteiger partial charge in [-0.2, -0.15) is 0 Å².